The number of rotatable bonds is 8. The van der Waals surface area contributed by atoms with Crippen LogP contribution in [-0.2, 0) is 25.5 Å². The molecule has 5 rings (SSSR count). The van der Waals surface area contributed by atoms with Crippen molar-refractivity contribution in [2.24, 2.45) is 0 Å². The Kier molecular flexibility index (Phi) is 6.09. The van der Waals surface area contributed by atoms with Crippen LogP contribution in [0.1, 0.15) is 11.8 Å². The van der Waals surface area contributed by atoms with Gasteiger partial charge in [0.25, 0.3) is 5.60 Å². The van der Waals surface area contributed by atoms with Gasteiger partial charge in [-0.25, -0.2) is 19.0 Å². The summed E-state index contributed by atoms with van der Waals surface area (Å²) in [6, 6.07) is 3.70. The van der Waals surface area contributed by atoms with Crippen molar-refractivity contribution >= 4 is 40.5 Å². The Bertz CT molecular complexity index is 1460. The Balaban J connectivity index is 1.37. The van der Waals surface area contributed by atoms with E-state index in [1.54, 1.807) is 0 Å². The number of carbonyl (C=O) groups is 2. The van der Waals surface area contributed by atoms with Crippen molar-refractivity contribution < 1.29 is 56.7 Å². The first-order valence-electron chi connectivity index (χ1n) is 10.8. The van der Waals surface area contributed by atoms with Gasteiger partial charge in [0.1, 0.15) is 23.5 Å². The zero-order valence-electron chi connectivity index (χ0n) is 19.0. The fourth-order valence-electron chi connectivity index (χ4n) is 4.43. The van der Waals surface area contributed by atoms with Gasteiger partial charge < -0.3 is 35.3 Å². The number of nitrogen functional groups attached to an aromatic ring is 1. The molecule has 208 valence electrons. The molecule has 2 fully saturated rings. The highest BCUT2D eigenvalue weighted by Crippen LogP contribution is 2.58. The van der Waals surface area contributed by atoms with E-state index in [9.17, 15) is 38.1 Å². The Labute approximate surface area is 218 Å². The van der Waals surface area contributed by atoms with Crippen LogP contribution in [0.5, 0.6) is 5.75 Å². The first-order chi connectivity index (χ1) is 18.2. The number of anilines is 1. The van der Waals surface area contributed by atoms with Crippen LogP contribution in [0.25, 0.3) is 11.2 Å². The second-order valence-corrected chi connectivity index (χ2v) is 9.12. The summed E-state index contributed by atoms with van der Waals surface area (Å²) < 4.78 is 68.4. The number of fused-ring (bicyclic) bond motifs is 2. The van der Waals surface area contributed by atoms with Crippen LogP contribution >= 0.6 is 11.6 Å². The van der Waals surface area contributed by atoms with E-state index in [1.807, 2.05) is 0 Å². The average Bonchev–Trinajstić information content (AvgIpc) is 3.08. The molecule has 39 heavy (non-hydrogen) atoms. The highest BCUT2D eigenvalue weighted by molar-refractivity contribution is 6.28. The minimum atomic E-state index is -4.98. The van der Waals surface area contributed by atoms with Crippen molar-refractivity contribution in [1.29, 1.82) is 0 Å². The number of carboxylic acids is 2. The lowest BCUT2D eigenvalue weighted by Gasteiger charge is -2.28. The number of aliphatic carboxylic acids is 2. The summed E-state index contributed by atoms with van der Waals surface area (Å²) in [5, 5.41) is 30.2. The zero-order chi connectivity index (χ0) is 28.5. The largest absolute Gasteiger partial charge is 0.573 e. The van der Waals surface area contributed by atoms with E-state index in [0.717, 1.165) is 35.2 Å². The smallest absolute Gasteiger partial charge is 0.479 e. The lowest BCUT2D eigenvalue weighted by Crippen LogP contribution is -2.53. The summed E-state index contributed by atoms with van der Waals surface area (Å²) >= 11 is 5.80. The molecule has 1 aliphatic carbocycles. The van der Waals surface area contributed by atoms with Gasteiger partial charge in [-0.05, 0) is 29.3 Å². The molecule has 3 aromatic rings. The summed E-state index contributed by atoms with van der Waals surface area (Å²) in [5.41, 5.74) is 0.189. The van der Waals surface area contributed by atoms with Crippen LogP contribution in [0.2, 0.25) is 5.28 Å². The maximum atomic E-state index is 15.5. The number of hydrogen-bond donors (Lipinski definition) is 4. The molecule has 0 spiro atoms. The molecule has 2 aromatic heterocycles. The molecular weight excluding hydrogens is 562 g/mol. The third-order valence-electron chi connectivity index (χ3n) is 6.38. The molecule has 0 amide bonds. The van der Waals surface area contributed by atoms with E-state index in [1.165, 1.54) is 0 Å². The number of imidazole rings is 1. The van der Waals surface area contributed by atoms with Crippen LogP contribution in [0.15, 0.2) is 30.6 Å². The molecule has 1 unspecified atom stereocenters. The summed E-state index contributed by atoms with van der Waals surface area (Å²) in [7, 11) is 0. The van der Waals surface area contributed by atoms with Gasteiger partial charge in [-0.3, -0.25) is 4.57 Å². The van der Waals surface area contributed by atoms with Crippen molar-refractivity contribution in [1.82, 2.24) is 19.5 Å². The van der Waals surface area contributed by atoms with Gasteiger partial charge in [-0.2, -0.15) is 9.97 Å². The van der Waals surface area contributed by atoms with Crippen molar-refractivity contribution in [2.45, 2.75) is 48.6 Å². The first-order valence-corrected chi connectivity index (χ1v) is 11.2. The van der Waals surface area contributed by atoms with Crippen molar-refractivity contribution in [2.75, 3.05) is 5.73 Å². The number of ether oxygens (including phenoxy) is 3. The number of nitrogens with zero attached hydrogens (tertiary/aromatic N) is 4. The predicted molar refractivity (Wildman–Crippen MR) is 118 cm³/mol. The average molecular weight is 578 g/mol. The number of carboxylic acid groups (broad SMARTS) is 2. The molecule has 0 radical (unpaired) electrons. The summed E-state index contributed by atoms with van der Waals surface area (Å²) in [5.74, 6) is -4.75. The predicted octanol–water partition coefficient (Wildman–Crippen LogP) is 1.48. The maximum absolute atomic E-state index is 15.5. The Morgan fingerprint density at radius 2 is 1.82 bits per heavy atom. The van der Waals surface area contributed by atoms with Gasteiger partial charge >= 0.3 is 18.3 Å². The highest BCUT2D eigenvalue weighted by Gasteiger charge is 2.80. The molecule has 5 atom stereocenters. The number of halogens is 5. The fraction of sp³-hybridized carbons (Fsp3) is 0.381. The lowest BCUT2D eigenvalue weighted by atomic mass is 9.94. The standard InChI is InChI=1S/C21H16ClF4N5O8/c22-18-29-13(27)9-14(30-18)31(6-28-9)15-10(23)20(36)11(37-15)12(20)39-19(16(32)33,17(34)35)5-7-1-3-8(4-2-7)38-21(24,25)26/h1-4,6,10-12,15,36H,5H2,(H,32,33)(H,34,35)(H2,27,29,30)/t10-,11-,12?,15-,20+/m1/s1. The lowest BCUT2D eigenvalue weighted by molar-refractivity contribution is -0.274. The SMILES string of the molecule is Nc1nc(Cl)nc2c1ncn2[C@@H]1O[C@@H]2C(OC(Cc3ccc(OC(F)(F)F)cc3)(C(=O)O)C(=O)O)[C@]2(O)[C@@H]1F. The minimum absolute atomic E-state index is 0.0223. The van der Waals surface area contributed by atoms with E-state index in [-0.39, 0.29) is 27.8 Å². The second-order valence-electron chi connectivity index (χ2n) is 8.78. The van der Waals surface area contributed by atoms with Crippen LogP contribution in [-0.4, -0.2) is 82.7 Å². The summed E-state index contributed by atoms with van der Waals surface area (Å²) in [4.78, 5) is 35.8. The molecule has 2 aliphatic rings. The van der Waals surface area contributed by atoms with E-state index in [2.05, 4.69) is 19.7 Å². The van der Waals surface area contributed by atoms with Gasteiger partial charge in [-0.15, -0.1) is 13.2 Å². The monoisotopic (exact) mass is 577 g/mol. The molecule has 13 nitrogen and oxygen atoms in total. The normalized spacial score (nSPS) is 26.4. The summed E-state index contributed by atoms with van der Waals surface area (Å²) in [6.07, 6.45) is -11.8. The summed E-state index contributed by atoms with van der Waals surface area (Å²) in [6.45, 7) is 0. The van der Waals surface area contributed by atoms with Gasteiger partial charge in [0, 0.05) is 6.42 Å². The molecule has 0 bridgehead atoms. The molecule has 1 saturated carbocycles. The first kappa shape index (κ1) is 26.8. The number of alkyl halides is 4. The Hall–Kier alpha value is -3.80. The van der Waals surface area contributed by atoms with E-state index < -0.39 is 66.3 Å². The number of aliphatic hydroxyl groups is 1. The maximum Gasteiger partial charge on any atom is 0.573 e. The third-order valence-corrected chi connectivity index (χ3v) is 6.55. The van der Waals surface area contributed by atoms with Crippen LogP contribution in [0, 0.1) is 0 Å². The Morgan fingerprint density at radius 1 is 1.18 bits per heavy atom. The van der Waals surface area contributed by atoms with Crippen molar-refractivity contribution in [3.05, 3.63) is 41.4 Å². The van der Waals surface area contributed by atoms with Crippen LogP contribution in [0.3, 0.4) is 0 Å². The molecule has 18 heteroatoms. The van der Waals surface area contributed by atoms with Gasteiger partial charge in [0.15, 0.2) is 29.5 Å². The number of nitrogens with two attached hydrogens (primary N) is 1. The molecule has 1 aliphatic heterocycles. The van der Waals surface area contributed by atoms with E-state index in [0.29, 0.717) is 0 Å². The van der Waals surface area contributed by atoms with Gasteiger partial charge in [0.05, 0.1) is 6.33 Å². The number of aromatic nitrogens is 4. The van der Waals surface area contributed by atoms with E-state index >= 15 is 4.39 Å². The third kappa shape index (κ3) is 4.36. The quantitative estimate of drug-likeness (QED) is 0.171. The zero-order valence-corrected chi connectivity index (χ0v) is 19.8. The minimum Gasteiger partial charge on any atom is -0.479 e. The Morgan fingerprint density at radius 3 is 2.36 bits per heavy atom. The molecular formula is C21H16ClF4N5O8. The second kappa shape index (κ2) is 8.87. The van der Waals surface area contributed by atoms with Crippen molar-refractivity contribution in [3.63, 3.8) is 0 Å². The van der Waals surface area contributed by atoms with E-state index in [4.69, 9.17) is 26.8 Å². The fourth-order valence-corrected chi connectivity index (χ4v) is 4.60. The van der Waals surface area contributed by atoms with Crippen LogP contribution < -0.4 is 10.5 Å². The van der Waals surface area contributed by atoms with Gasteiger partial charge in [0.2, 0.25) is 5.28 Å². The topological polar surface area (TPSA) is 192 Å². The molecule has 5 N–H and O–H groups in total. The molecule has 1 aromatic carbocycles. The van der Waals surface area contributed by atoms with Crippen molar-refractivity contribution in [3.8, 4) is 5.75 Å². The molecule has 3 heterocycles. The number of benzene rings is 1. The molecule has 1 saturated heterocycles. The highest BCUT2D eigenvalue weighted by atomic mass is 35.5. The van der Waals surface area contributed by atoms with Crippen LogP contribution in [0.4, 0.5) is 23.4 Å². The van der Waals surface area contributed by atoms with Gasteiger partial charge in [-0.1, -0.05) is 12.1 Å². The number of hydrogen-bond acceptors (Lipinski definition) is 10.